The molecule has 5 heteroatoms. The standard InChI is InChI=1S/C20H37NO4/c1-4-24-14-17-7-9-18(10-8-17)15-25-13-5-6-20(23)21-12-11-19(22)16(2)3/h16-18H,4-15H2,1-3H3,(H,21,23). The van der Waals surface area contributed by atoms with E-state index in [2.05, 4.69) is 5.32 Å². The Morgan fingerprint density at radius 3 is 2.16 bits per heavy atom. The van der Waals surface area contributed by atoms with Crippen LogP contribution in [0.25, 0.3) is 0 Å². The number of carbonyl (C=O) groups excluding carboxylic acids is 2. The number of ether oxygens (including phenoxy) is 2. The summed E-state index contributed by atoms with van der Waals surface area (Å²) >= 11 is 0. The van der Waals surface area contributed by atoms with Crippen LogP contribution in [0.5, 0.6) is 0 Å². The van der Waals surface area contributed by atoms with Gasteiger partial charge < -0.3 is 14.8 Å². The molecular formula is C20H37NO4. The topological polar surface area (TPSA) is 64.6 Å². The minimum Gasteiger partial charge on any atom is -0.381 e. The molecule has 0 aromatic carbocycles. The van der Waals surface area contributed by atoms with Crippen LogP contribution in [-0.4, -0.2) is 44.7 Å². The fraction of sp³-hybridized carbons (Fsp3) is 0.900. The number of amides is 1. The molecule has 146 valence electrons. The van der Waals surface area contributed by atoms with Crippen LogP contribution >= 0.6 is 0 Å². The Kier molecular flexibility index (Phi) is 11.7. The third kappa shape index (κ3) is 10.6. The van der Waals surface area contributed by atoms with E-state index < -0.39 is 0 Å². The summed E-state index contributed by atoms with van der Waals surface area (Å²) in [7, 11) is 0. The molecule has 0 radical (unpaired) electrons. The number of rotatable bonds is 13. The average molecular weight is 356 g/mol. The van der Waals surface area contributed by atoms with Crippen molar-refractivity contribution in [1.82, 2.24) is 5.32 Å². The van der Waals surface area contributed by atoms with Crippen molar-refractivity contribution in [3.8, 4) is 0 Å². The molecule has 1 saturated carbocycles. The van der Waals surface area contributed by atoms with Gasteiger partial charge in [-0.2, -0.15) is 0 Å². The Labute approximate surface area is 153 Å². The van der Waals surface area contributed by atoms with Crippen molar-refractivity contribution >= 4 is 11.7 Å². The van der Waals surface area contributed by atoms with Crippen molar-refractivity contribution in [2.75, 3.05) is 33.0 Å². The van der Waals surface area contributed by atoms with Gasteiger partial charge in [0.05, 0.1) is 0 Å². The predicted octanol–water partition coefficient (Wildman–Crippen LogP) is 3.36. The first-order valence-corrected chi connectivity index (χ1v) is 9.97. The molecule has 0 aliphatic heterocycles. The van der Waals surface area contributed by atoms with E-state index in [9.17, 15) is 9.59 Å². The second-order valence-electron chi connectivity index (χ2n) is 7.45. The maximum atomic E-state index is 11.7. The molecule has 1 N–H and O–H groups in total. The Hall–Kier alpha value is -0.940. The molecule has 0 bridgehead atoms. The number of nitrogens with one attached hydrogen (secondary N) is 1. The zero-order valence-electron chi connectivity index (χ0n) is 16.4. The summed E-state index contributed by atoms with van der Waals surface area (Å²) in [6.45, 7) is 9.42. The molecule has 0 aromatic heterocycles. The predicted molar refractivity (Wildman–Crippen MR) is 99.5 cm³/mol. The van der Waals surface area contributed by atoms with Gasteiger partial charge in [0, 0.05) is 51.7 Å². The summed E-state index contributed by atoms with van der Waals surface area (Å²) in [5.41, 5.74) is 0. The van der Waals surface area contributed by atoms with E-state index in [-0.39, 0.29) is 17.6 Å². The summed E-state index contributed by atoms with van der Waals surface area (Å²) in [5.74, 6) is 1.63. The van der Waals surface area contributed by atoms with Crippen molar-refractivity contribution in [1.29, 1.82) is 0 Å². The summed E-state index contributed by atoms with van der Waals surface area (Å²) in [5, 5.41) is 2.80. The molecule has 1 amide bonds. The molecule has 1 aliphatic rings. The van der Waals surface area contributed by atoms with Gasteiger partial charge in [-0.15, -0.1) is 0 Å². The van der Waals surface area contributed by atoms with Gasteiger partial charge in [-0.05, 0) is 50.9 Å². The quantitative estimate of drug-likeness (QED) is 0.515. The van der Waals surface area contributed by atoms with Crippen LogP contribution in [0.2, 0.25) is 0 Å². The van der Waals surface area contributed by atoms with Gasteiger partial charge in [0.25, 0.3) is 0 Å². The third-order valence-corrected chi connectivity index (χ3v) is 4.91. The number of ketones is 1. The molecule has 0 unspecified atom stereocenters. The van der Waals surface area contributed by atoms with Gasteiger partial charge >= 0.3 is 0 Å². The molecule has 25 heavy (non-hydrogen) atoms. The molecule has 0 spiro atoms. The highest BCUT2D eigenvalue weighted by atomic mass is 16.5. The Balaban J connectivity index is 1.95. The van der Waals surface area contributed by atoms with E-state index in [1.807, 2.05) is 20.8 Å². The van der Waals surface area contributed by atoms with Crippen LogP contribution in [0, 0.1) is 17.8 Å². The summed E-state index contributed by atoms with van der Waals surface area (Å²) in [6.07, 6.45) is 6.56. The lowest BCUT2D eigenvalue weighted by atomic mass is 9.83. The zero-order valence-corrected chi connectivity index (χ0v) is 16.4. The summed E-state index contributed by atoms with van der Waals surface area (Å²) in [6, 6.07) is 0. The monoisotopic (exact) mass is 355 g/mol. The van der Waals surface area contributed by atoms with Gasteiger partial charge in [0.15, 0.2) is 0 Å². The SMILES string of the molecule is CCOCC1CCC(COCCCC(=O)NCCC(=O)C(C)C)CC1. The minimum absolute atomic E-state index is 0.0107. The molecule has 1 aliphatic carbocycles. The first-order chi connectivity index (χ1) is 12.0. The molecular weight excluding hydrogens is 318 g/mol. The highest BCUT2D eigenvalue weighted by Gasteiger charge is 2.21. The average Bonchev–Trinajstić information content (AvgIpc) is 2.60. The van der Waals surface area contributed by atoms with E-state index in [1.165, 1.54) is 25.7 Å². The van der Waals surface area contributed by atoms with E-state index in [1.54, 1.807) is 0 Å². The normalized spacial score (nSPS) is 20.6. The van der Waals surface area contributed by atoms with E-state index in [4.69, 9.17) is 9.47 Å². The van der Waals surface area contributed by atoms with E-state index in [0.29, 0.717) is 31.9 Å². The van der Waals surface area contributed by atoms with Crippen LogP contribution in [0.3, 0.4) is 0 Å². The molecule has 0 aromatic rings. The highest BCUT2D eigenvalue weighted by molar-refractivity contribution is 5.81. The second-order valence-corrected chi connectivity index (χ2v) is 7.45. The Morgan fingerprint density at radius 1 is 1.00 bits per heavy atom. The van der Waals surface area contributed by atoms with Gasteiger partial charge in [-0.1, -0.05) is 13.8 Å². The lowest BCUT2D eigenvalue weighted by Gasteiger charge is -2.28. The molecule has 0 atom stereocenters. The summed E-state index contributed by atoms with van der Waals surface area (Å²) in [4.78, 5) is 23.2. The van der Waals surface area contributed by atoms with Crippen LogP contribution in [0.4, 0.5) is 0 Å². The van der Waals surface area contributed by atoms with Crippen LogP contribution in [0.15, 0.2) is 0 Å². The first-order valence-electron chi connectivity index (χ1n) is 9.97. The number of hydrogen-bond acceptors (Lipinski definition) is 4. The molecule has 0 heterocycles. The van der Waals surface area contributed by atoms with E-state index >= 15 is 0 Å². The van der Waals surface area contributed by atoms with E-state index in [0.717, 1.165) is 32.2 Å². The van der Waals surface area contributed by atoms with Crippen molar-refractivity contribution in [2.24, 2.45) is 17.8 Å². The van der Waals surface area contributed by atoms with Gasteiger partial charge in [-0.3, -0.25) is 9.59 Å². The van der Waals surface area contributed by atoms with Crippen LogP contribution < -0.4 is 5.32 Å². The number of Topliss-reactive ketones (excluding diaryl/α,β-unsaturated/α-hetero) is 1. The number of carbonyl (C=O) groups is 2. The van der Waals surface area contributed by atoms with Crippen molar-refractivity contribution in [2.45, 2.75) is 65.7 Å². The fourth-order valence-electron chi connectivity index (χ4n) is 3.14. The Bertz CT molecular complexity index is 376. The van der Waals surface area contributed by atoms with Gasteiger partial charge in [0.1, 0.15) is 5.78 Å². The summed E-state index contributed by atoms with van der Waals surface area (Å²) < 4.78 is 11.3. The number of hydrogen-bond donors (Lipinski definition) is 1. The Morgan fingerprint density at radius 2 is 1.60 bits per heavy atom. The minimum atomic E-state index is 0.0107. The van der Waals surface area contributed by atoms with Crippen LogP contribution in [-0.2, 0) is 19.1 Å². The fourth-order valence-corrected chi connectivity index (χ4v) is 3.14. The van der Waals surface area contributed by atoms with Crippen LogP contribution in [0.1, 0.15) is 65.7 Å². The van der Waals surface area contributed by atoms with Crippen molar-refractivity contribution in [3.63, 3.8) is 0 Å². The molecule has 0 saturated heterocycles. The van der Waals surface area contributed by atoms with Gasteiger partial charge in [0.2, 0.25) is 5.91 Å². The highest BCUT2D eigenvalue weighted by Crippen LogP contribution is 2.29. The molecule has 5 nitrogen and oxygen atoms in total. The first kappa shape index (κ1) is 22.1. The molecule has 1 fully saturated rings. The molecule has 1 rings (SSSR count). The maximum Gasteiger partial charge on any atom is 0.220 e. The maximum absolute atomic E-state index is 11.7. The smallest absolute Gasteiger partial charge is 0.220 e. The largest absolute Gasteiger partial charge is 0.381 e. The van der Waals surface area contributed by atoms with Gasteiger partial charge in [-0.25, -0.2) is 0 Å². The second kappa shape index (κ2) is 13.3. The van der Waals surface area contributed by atoms with Crippen molar-refractivity contribution < 1.29 is 19.1 Å². The lowest BCUT2D eigenvalue weighted by Crippen LogP contribution is -2.27. The van der Waals surface area contributed by atoms with Crippen molar-refractivity contribution in [3.05, 3.63) is 0 Å². The lowest BCUT2D eigenvalue weighted by molar-refractivity contribution is -0.123. The zero-order chi connectivity index (χ0) is 18.5. The third-order valence-electron chi connectivity index (χ3n) is 4.91.